The van der Waals surface area contributed by atoms with Gasteiger partial charge in [0.05, 0.1) is 11.6 Å². The number of rotatable bonds is 0. The summed E-state index contributed by atoms with van der Waals surface area (Å²) in [5.74, 6) is 0. The molecule has 2 aliphatic carbocycles. The van der Waals surface area contributed by atoms with E-state index >= 15 is 0 Å². The summed E-state index contributed by atoms with van der Waals surface area (Å²) in [7, 11) is 0. The molecular formula is C19H11N. The molecule has 2 aromatic carbocycles. The second kappa shape index (κ2) is 4.08. The number of hydrogen-bond acceptors (Lipinski definition) is 1. The van der Waals surface area contributed by atoms with Crippen molar-refractivity contribution in [3.63, 3.8) is 0 Å². The van der Waals surface area contributed by atoms with Crippen molar-refractivity contribution in [3.05, 3.63) is 82.4 Å². The van der Waals surface area contributed by atoms with Crippen LogP contribution >= 0.6 is 0 Å². The summed E-state index contributed by atoms with van der Waals surface area (Å²) in [4.78, 5) is 0. The topological polar surface area (TPSA) is 23.8 Å². The highest BCUT2D eigenvalue weighted by atomic mass is 14.3. The number of allylic oxidation sites excluding steroid dienone is 4. The normalized spacial score (nSPS) is 17.9. The smallest absolute Gasteiger partial charge is 0.0991 e. The van der Waals surface area contributed by atoms with Crippen molar-refractivity contribution in [3.8, 4) is 6.07 Å². The van der Waals surface area contributed by atoms with Crippen molar-refractivity contribution in [2.75, 3.05) is 0 Å². The van der Waals surface area contributed by atoms with Crippen LogP contribution in [-0.4, -0.2) is 0 Å². The van der Waals surface area contributed by atoms with Gasteiger partial charge in [0.25, 0.3) is 0 Å². The summed E-state index contributed by atoms with van der Waals surface area (Å²) in [6.07, 6.45) is 8.58. The largest absolute Gasteiger partial charge is 0.192 e. The second-order valence-corrected chi connectivity index (χ2v) is 5.00. The first-order valence-corrected chi connectivity index (χ1v) is 6.61. The SMILES string of the molecule is N#Cc1ccc2c(c1)/C(=C1/C=Cc3ccccc31)C=C2. The maximum Gasteiger partial charge on any atom is 0.0991 e. The molecule has 1 heteroatoms. The van der Waals surface area contributed by atoms with Crippen molar-refractivity contribution in [2.45, 2.75) is 0 Å². The average Bonchev–Trinajstić information content (AvgIpc) is 3.09. The third-order valence-corrected chi connectivity index (χ3v) is 3.87. The zero-order valence-corrected chi connectivity index (χ0v) is 10.8. The van der Waals surface area contributed by atoms with Gasteiger partial charge in [-0.05, 0) is 45.5 Å². The third kappa shape index (κ3) is 1.49. The fourth-order valence-corrected chi connectivity index (χ4v) is 2.89. The van der Waals surface area contributed by atoms with E-state index in [0.717, 1.165) is 5.56 Å². The van der Waals surface area contributed by atoms with Crippen molar-refractivity contribution < 1.29 is 0 Å². The van der Waals surface area contributed by atoms with Crippen molar-refractivity contribution in [1.82, 2.24) is 0 Å². The molecule has 0 radical (unpaired) electrons. The Morgan fingerprint density at radius 1 is 0.700 bits per heavy atom. The lowest BCUT2D eigenvalue weighted by Crippen LogP contribution is -1.88. The predicted octanol–water partition coefficient (Wildman–Crippen LogP) is 4.52. The van der Waals surface area contributed by atoms with Crippen molar-refractivity contribution in [1.29, 1.82) is 5.26 Å². The summed E-state index contributed by atoms with van der Waals surface area (Å²) in [6, 6.07) is 16.5. The molecule has 0 spiro atoms. The predicted molar refractivity (Wildman–Crippen MR) is 82.5 cm³/mol. The standard InChI is InChI=1S/C19H11N/c20-12-13-5-6-15-8-10-18(19(15)11-13)17-9-7-14-3-1-2-4-16(14)17/h1-11H/b18-17-. The van der Waals surface area contributed by atoms with E-state index in [-0.39, 0.29) is 0 Å². The van der Waals surface area contributed by atoms with E-state index in [4.69, 9.17) is 5.26 Å². The zero-order valence-electron chi connectivity index (χ0n) is 10.8. The minimum Gasteiger partial charge on any atom is -0.192 e. The minimum absolute atomic E-state index is 0.709. The molecule has 0 amide bonds. The molecule has 0 fully saturated rings. The molecular weight excluding hydrogens is 242 g/mol. The number of nitrogens with zero attached hydrogens (tertiary/aromatic N) is 1. The quantitative estimate of drug-likeness (QED) is 0.677. The van der Waals surface area contributed by atoms with Crippen LogP contribution in [0.25, 0.3) is 23.3 Å². The molecule has 20 heavy (non-hydrogen) atoms. The molecule has 0 N–H and O–H groups in total. The Labute approximate surface area is 117 Å². The van der Waals surface area contributed by atoms with E-state index < -0.39 is 0 Å². The lowest BCUT2D eigenvalue weighted by atomic mass is 9.96. The van der Waals surface area contributed by atoms with Crippen LogP contribution in [0.3, 0.4) is 0 Å². The summed E-state index contributed by atoms with van der Waals surface area (Å²) in [6.45, 7) is 0. The van der Waals surface area contributed by atoms with Crippen LogP contribution in [-0.2, 0) is 0 Å². The molecule has 1 nitrogen and oxygen atoms in total. The molecule has 0 saturated heterocycles. The molecule has 0 unspecified atom stereocenters. The van der Waals surface area contributed by atoms with Gasteiger partial charge >= 0.3 is 0 Å². The van der Waals surface area contributed by atoms with Gasteiger partial charge in [-0.1, -0.05) is 54.6 Å². The van der Waals surface area contributed by atoms with Gasteiger partial charge in [-0.15, -0.1) is 0 Å². The molecule has 4 rings (SSSR count). The Kier molecular flexibility index (Phi) is 2.25. The fourth-order valence-electron chi connectivity index (χ4n) is 2.89. The van der Waals surface area contributed by atoms with Crippen LogP contribution in [0.2, 0.25) is 0 Å². The van der Waals surface area contributed by atoms with E-state index in [0.29, 0.717) is 5.56 Å². The van der Waals surface area contributed by atoms with Crippen LogP contribution in [0, 0.1) is 11.3 Å². The first kappa shape index (κ1) is 11.0. The monoisotopic (exact) mass is 253 g/mol. The molecule has 2 aliphatic rings. The first-order chi connectivity index (χ1) is 9.86. The van der Waals surface area contributed by atoms with Crippen LogP contribution in [0.15, 0.2) is 54.6 Å². The number of hydrogen-bond donors (Lipinski definition) is 0. The van der Waals surface area contributed by atoms with Crippen molar-refractivity contribution in [2.24, 2.45) is 0 Å². The van der Waals surface area contributed by atoms with Gasteiger partial charge in [0, 0.05) is 0 Å². The van der Waals surface area contributed by atoms with Gasteiger partial charge in [-0.25, -0.2) is 0 Å². The minimum atomic E-state index is 0.709. The summed E-state index contributed by atoms with van der Waals surface area (Å²) < 4.78 is 0. The van der Waals surface area contributed by atoms with E-state index in [1.165, 1.54) is 27.8 Å². The maximum atomic E-state index is 9.08. The highest BCUT2D eigenvalue weighted by Crippen LogP contribution is 2.40. The van der Waals surface area contributed by atoms with Crippen LogP contribution < -0.4 is 0 Å². The van der Waals surface area contributed by atoms with E-state index in [1.807, 2.05) is 18.2 Å². The molecule has 0 bridgehead atoms. The summed E-state index contributed by atoms with van der Waals surface area (Å²) in [5, 5.41) is 9.08. The zero-order chi connectivity index (χ0) is 13.5. The number of fused-ring (bicyclic) bond motifs is 2. The van der Waals surface area contributed by atoms with Gasteiger partial charge in [-0.3, -0.25) is 0 Å². The Bertz CT molecular complexity index is 858. The van der Waals surface area contributed by atoms with Gasteiger partial charge in [0.1, 0.15) is 0 Å². The third-order valence-electron chi connectivity index (χ3n) is 3.87. The average molecular weight is 253 g/mol. The van der Waals surface area contributed by atoms with Crippen LogP contribution in [0.4, 0.5) is 0 Å². The lowest BCUT2D eigenvalue weighted by molar-refractivity contribution is 1.47. The summed E-state index contributed by atoms with van der Waals surface area (Å²) in [5.41, 5.74) is 8.02. The highest BCUT2D eigenvalue weighted by molar-refractivity contribution is 6.10. The first-order valence-electron chi connectivity index (χ1n) is 6.61. The van der Waals surface area contributed by atoms with Crippen LogP contribution in [0.5, 0.6) is 0 Å². The second-order valence-electron chi connectivity index (χ2n) is 5.00. The molecule has 92 valence electrons. The fraction of sp³-hybridized carbons (Fsp3) is 0. The lowest BCUT2D eigenvalue weighted by Gasteiger charge is -2.07. The van der Waals surface area contributed by atoms with E-state index in [1.54, 1.807) is 0 Å². The molecule has 2 aromatic rings. The molecule has 0 atom stereocenters. The van der Waals surface area contributed by atoms with Crippen molar-refractivity contribution >= 4 is 23.3 Å². The van der Waals surface area contributed by atoms with E-state index in [9.17, 15) is 0 Å². The van der Waals surface area contributed by atoms with Gasteiger partial charge in [-0.2, -0.15) is 5.26 Å². The van der Waals surface area contributed by atoms with Crippen LogP contribution in [0.1, 0.15) is 27.8 Å². The Balaban J connectivity index is 1.97. The van der Waals surface area contributed by atoms with E-state index in [2.05, 4.69) is 54.6 Å². The Morgan fingerprint density at radius 2 is 1.40 bits per heavy atom. The van der Waals surface area contributed by atoms with Gasteiger partial charge in [0.15, 0.2) is 0 Å². The maximum absolute atomic E-state index is 9.08. The molecule has 0 aromatic heterocycles. The Morgan fingerprint density at radius 3 is 2.20 bits per heavy atom. The molecule has 0 saturated carbocycles. The summed E-state index contributed by atoms with van der Waals surface area (Å²) >= 11 is 0. The number of benzene rings is 2. The van der Waals surface area contributed by atoms with Gasteiger partial charge < -0.3 is 0 Å². The van der Waals surface area contributed by atoms with Gasteiger partial charge in [0.2, 0.25) is 0 Å². The highest BCUT2D eigenvalue weighted by Gasteiger charge is 2.19. The Hall–Kier alpha value is -2.85. The number of nitriles is 1. The molecule has 0 heterocycles. The molecule has 0 aliphatic heterocycles.